The summed E-state index contributed by atoms with van der Waals surface area (Å²) in [5.74, 6) is 1.72. The zero-order valence-corrected chi connectivity index (χ0v) is 37.6. The zero-order valence-electron chi connectivity index (χ0n) is 37.6. The minimum absolute atomic E-state index is 0.539. The monoisotopic (exact) mass is 893 g/mol. The minimum Gasteiger partial charge on any atom is -0.309 e. The first kappa shape index (κ1) is 38.5. The Hall–Kier alpha value is -9.59. The van der Waals surface area contributed by atoms with Gasteiger partial charge in [0, 0.05) is 71.3 Å². The Morgan fingerprint density at radius 3 is 1.14 bits per heavy atom. The summed E-state index contributed by atoms with van der Waals surface area (Å²) in [5, 5.41) is 9.43. The maximum Gasteiger partial charge on any atom is 0.238 e. The lowest BCUT2D eigenvalue weighted by atomic mass is 10.1. The van der Waals surface area contributed by atoms with Crippen molar-refractivity contribution in [2.75, 3.05) is 0 Å². The molecule has 0 unspecified atom stereocenters. The predicted octanol–water partition coefficient (Wildman–Crippen LogP) is 15.6. The summed E-state index contributed by atoms with van der Waals surface area (Å²) in [6, 6.07) is 84.3. The van der Waals surface area contributed by atoms with E-state index in [0.717, 1.165) is 88.5 Å². The molecule has 0 bridgehead atoms. The Morgan fingerprint density at radius 2 is 0.600 bits per heavy atom. The second kappa shape index (κ2) is 15.0. The highest BCUT2D eigenvalue weighted by Gasteiger charge is 2.25. The summed E-state index contributed by atoms with van der Waals surface area (Å²) >= 11 is 0. The van der Waals surface area contributed by atoms with Crippen molar-refractivity contribution in [1.29, 1.82) is 0 Å². The highest BCUT2D eigenvalue weighted by Crippen LogP contribution is 2.43. The molecule has 0 N–H and O–H groups in total. The maximum absolute atomic E-state index is 5.50. The molecule has 0 amide bonds. The molecule has 15 aromatic rings. The number of nitrogens with zero attached hydrogens (tertiary/aromatic N) is 7. The van der Waals surface area contributed by atoms with Gasteiger partial charge < -0.3 is 13.7 Å². The fraction of sp³-hybridized carbons (Fsp3) is 0. The lowest BCUT2D eigenvalue weighted by Gasteiger charge is -2.14. The van der Waals surface area contributed by atoms with Crippen molar-refractivity contribution in [2.45, 2.75) is 0 Å². The van der Waals surface area contributed by atoms with Crippen LogP contribution >= 0.6 is 0 Å². The van der Waals surface area contributed by atoms with E-state index in [2.05, 4.69) is 237 Å². The number of benzene rings is 10. The van der Waals surface area contributed by atoms with Gasteiger partial charge in [-0.25, -0.2) is 4.98 Å². The molecule has 0 aliphatic rings. The molecule has 0 saturated carbocycles. The standard InChI is InChI=1S/C63H39N7/c1-3-17-40(18-4-1)61-64-62(41-31-33-43(34-32-41)67-53-26-12-7-21-45(53)46-22-8-13-27-54(46)67)66-63(65-61)70-58-38-35-44(68-55-28-14-9-23-47(55)48-24-10-15-29-56(48)68)39-52(58)51-37-36-50-49-25-11-16-30-57(49)69(59(50)60(51)70)42-19-5-2-6-20-42/h1-39H. The van der Waals surface area contributed by atoms with Gasteiger partial charge in [-0.15, -0.1) is 0 Å². The number of hydrogen-bond donors (Lipinski definition) is 0. The van der Waals surface area contributed by atoms with E-state index in [9.17, 15) is 0 Å². The number of fused-ring (bicyclic) bond motifs is 13. The Bertz CT molecular complexity index is 4470. The third-order valence-corrected chi connectivity index (χ3v) is 14.2. The van der Waals surface area contributed by atoms with Crippen LogP contribution in [0.15, 0.2) is 237 Å². The van der Waals surface area contributed by atoms with Crippen molar-refractivity contribution >= 4 is 87.2 Å². The van der Waals surface area contributed by atoms with Crippen LogP contribution in [0, 0.1) is 0 Å². The Kier molecular flexibility index (Phi) is 8.23. The van der Waals surface area contributed by atoms with Crippen molar-refractivity contribution < 1.29 is 0 Å². The highest BCUT2D eigenvalue weighted by molar-refractivity contribution is 6.24. The SMILES string of the molecule is c1ccc(-c2nc(-c3ccc(-n4c5ccccc5c5ccccc54)cc3)nc(-n3c4ccc(-n5c6ccccc6c6ccccc65)cc4c4ccc5c6ccccc6n(-c6ccccc6)c5c43)n2)cc1. The van der Waals surface area contributed by atoms with Crippen LogP contribution in [0.3, 0.4) is 0 Å². The summed E-state index contributed by atoms with van der Waals surface area (Å²) in [7, 11) is 0. The van der Waals surface area contributed by atoms with Gasteiger partial charge in [0.05, 0.1) is 44.1 Å². The molecule has 326 valence electrons. The van der Waals surface area contributed by atoms with Gasteiger partial charge in [0.15, 0.2) is 11.6 Å². The molecule has 7 nitrogen and oxygen atoms in total. The second-order valence-electron chi connectivity index (χ2n) is 18.0. The highest BCUT2D eigenvalue weighted by atomic mass is 15.2. The fourth-order valence-electron chi connectivity index (χ4n) is 11.2. The molecule has 70 heavy (non-hydrogen) atoms. The lowest BCUT2D eigenvalue weighted by molar-refractivity contribution is 0.953. The van der Waals surface area contributed by atoms with Crippen LogP contribution in [0.1, 0.15) is 0 Å². The maximum atomic E-state index is 5.50. The smallest absolute Gasteiger partial charge is 0.238 e. The quantitative estimate of drug-likeness (QED) is 0.167. The van der Waals surface area contributed by atoms with Crippen molar-refractivity contribution in [3.63, 3.8) is 0 Å². The van der Waals surface area contributed by atoms with Crippen molar-refractivity contribution in [2.24, 2.45) is 0 Å². The van der Waals surface area contributed by atoms with E-state index < -0.39 is 0 Å². The zero-order chi connectivity index (χ0) is 45.9. The second-order valence-corrected chi connectivity index (χ2v) is 18.0. The average molecular weight is 894 g/mol. The van der Waals surface area contributed by atoms with Crippen molar-refractivity contribution in [1.82, 2.24) is 33.2 Å². The van der Waals surface area contributed by atoms with E-state index in [4.69, 9.17) is 15.0 Å². The molecule has 0 fully saturated rings. The summed E-state index contributed by atoms with van der Waals surface area (Å²) in [6.07, 6.45) is 0. The van der Waals surface area contributed by atoms with Gasteiger partial charge in [0.2, 0.25) is 5.95 Å². The van der Waals surface area contributed by atoms with E-state index in [-0.39, 0.29) is 0 Å². The topological polar surface area (TPSA) is 58.4 Å². The largest absolute Gasteiger partial charge is 0.309 e. The molecular weight excluding hydrogens is 855 g/mol. The van der Waals surface area contributed by atoms with Crippen LogP contribution in [0.5, 0.6) is 0 Å². The number of aromatic nitrogens is 7. The van der Waals surface area contributed by atoms with E-state index in [1.807, 2.05) is 18.2 Å². The summed E-state index contributed by atoms with van der Waals surface area (Å²) in [6.45, 7) is 0. The van der Waals surface area contributed by atoms with Gasteiger partial charge in [-0.1, -0.05) is 152 Å². The lowest BCUT2D eigenvalue weighted by Crippen LogP contribution is -2.07. The minimum atomic E-state index is 0.539. The predicted molar refractivity (Wildman–Crippen MR) is 288 cm³/mol. The van der Waals surface area contributed by atoms with E-state index in [0.29, 0.717) is 17.6 Å². The van der Waals surface area contributed by atoms with Gasteiger partial charge in [-0.3, -0.25) is 4.57 Å². The Labute approximate surface area is 401 Å². The Balaban J connectivity index is 1.02. The van der Waals surface area contributed by atoms with E-state index in [1.165, 1.54) is 26.9 Å². The molecule has 0 aliphatic carbocycles. The van der Waals surface area contributed by atoms with Crippen LogP contribution in [0.4, 0.5) is 0 Å². The number of para-hydroxylation sites is 6. The molecule has 0 spiro atoms. The van der Waals surface area contributed by atoms with E-state index in [1.54, 1.807) is 0 Å². The molecule has 10 aromatic carbocycles. The molecule has 7 heteroatoms. The third kappa shape index (κ3) is 5.60. The van der Waals surface area contributed by atoms with Gasteiger partial charge in [-0.2, -0.15) is 9.97 Å². The number of rotatable bonds is 6. The van der Waals surface area contributed by atoms with Gasteiger partial charge in [0.25, 0.3) is 0 Å². The van der Waals surface area contributed by atoms with E-state index >= 15 is 0 Å². The summed E-state index contributed by atoms with van der Waals surface area (Å²) in [5.41, 5.74) is 13.9. The number of hydrogen-bond acceptors (Lipinski definition) is 3. The average Bonchev–Trinajstić information content (AvgIpc) is 4.16. The van der Waals surface area contributed by atoms with Crippen LogP contribution < -0.4 is 0 Å². The molecule has 0 radical (unpaired) electrons. The molecule has 15 rings (SSSR count). The fourth-order valence-corrected chi connectivity index (χ4v) is 11.2. The first-order valence-electron chi connectivity index (χ1n) is 23.7. The molecule has 0 atom stereocenters. The molecular formula is C63H39N7. The molecule has 0 aliphatic heterocycles. The third-order valence-electron chi connectivity index (χ3n) is 14.2. The first-order chi connectivity index (χ1) is 34.7. The summed E-state index contributed by atoms with van der Waals surface area (Å²) < 4.78 is 9.42. The molecule has 0 saturated heterocycles. The first-order valence-corrected chi connectivity index (χ1v) is 23.7. The Morgan fingerprint density at radius 1 is 0.229 bits per heavy atom. The van der Waals surface area contributed by atoms with Crippen molar-refractivity contribution in [3.05, 3.63) is 237 Å². The molecule has 5 aromatic heterocycles. The van der Waals surface area contributed by atoms with Crippen molar-refractivity contribution in [3.8, 4) is 45.8 Å². The summed E-state index contributed by atoms with van der Waals surface area (Å²) in [4.78, 5) is 16.2. The van der Waals surface area contributed by atoms with Gasteiger partial charge >= 0.3 is 0 Å². The van der Waals surface area contributed by atoms with Crippen LogP contribution in [-0.2, 0) is 0 Å². The van der Waals surface area contributed by atoms with Gasteiger partial charge in [0.1, 0.15) is 0 Å². The normalized spacial score (nSPS) is 12.0. The van der Waals surface area contributed by atoms with Crippen LogP contribution in [0.25, 0.3) is 133 Å². The molecule has 5 heterocycles. The van der Waals surface area contributed by atoms with Crippen LogP contribution in [-0.4, -0.2) is 33.2 Å². The van der Waals surface area contributed by atoms with Crippen LogP contribution in [0.2, 0.25) is 0 Å². The van der Waals surface area contributed by atoms with Gasteiger partial charge in [-0.05, 0) is 84.9 Å².